The van der Waals surface area contributed by atoms with Crippen molar-refractivity contribution in [2.45, 2.75) is 5.03 Å². The van der Waals surface area contributed by atoms with Crippen LogP contribution in [-0.4, -0.2) is 23.2 Å². The molecule has 0 fully saturated rings. The standard InChI is InChI=1S/C4H4N2O3S.Ag/c7-10(8,9)4-2-1-3-5-6-4;/h1-3H,(H,7,8,9);/q;+1. The van der Waals surface area contributed by atoms with Crippen LogP contribution in [-0.2, 0) is 32.5 Å². The van der Waals surface area contributed by atoms with Gasteiger partial charge in [0.05, 0.1) is 0 Å². The average Bonchev–Trinajstić information content (AvgIpc) is 1.88. The molecule has 1 rings (SSSR count). The van der Waals surface area contributed by atoms with Crippen molar-refractivity contribution >= 4 is 10.1 Å². The monoisotopic (exact) mass is 267 g/mol. The summed E-state index contributed by atoms with van der Waals surface area (Å²) in [6, 6.07) is 2.53. The largest absolute Gasteiger partial charge is 1.00 e. The van der Waals surface area contributed by atoms with Gasteiger partial charge in [0.15, 0.2) is 0 Å². The summed E-state index contributed by atoms with van der Waals surface area (Å²) < 4.78 is 28.9. The van der Waals surface area contributed by atoms with Gasteiger partial charge in [-0.3, -0.25) is 4.55 Å². The zero-order valence-electron chi connectivity index (χ0n) is 5.10. The van der Waals surface area contributed by atoms with Crippen molar-refractivity contribution in [1.82, 2.24) is 10.2 Å². The third-order valence-corrected chi connectivity index (χ3v) is 1.56. The van der Waals surface area contributed by atoms with Crippen LogP contribution in [0, 0.1) is 0 Å². The van der Waals surface area contributed by atoms with E-state index in [4.69, 9.17) is 4.55 Å². The third kappa shape index (κ3) is 3.08. The summed E-state index contributed by atoms with van der Waals surface area (Å²) in [5, 5.41) is 5.99. The van der Waals surface area contributed by atoms with Crippen LogP contribution in [0.5, 0.6) is 0 Å². The number of hydrogen-bond donors (Lipinski definition) is 1. The summed E-state index contributed by atoms with van der Waals surface area (Å²) in [6.45, 7) is 0. The molecule has 0 saturated carbocycles. The van der Waals surface area contributed by atoms with E-state index >= 15 is 0 Å². The van der Waals surface area contributed by atoms with Crippen molar-refractivity contribution < 1.29 is 35.4 Å². The van der Waals surface area contributed by atoms with E-state index in [1.165, 1.54) is 12.3 Å². The molecule has 0 radical (unpaired) electrons. The van der Waals surface area contributed by atoms with Crippen molar-refractivity contribution in [3.63, 3.8) is 0 Å². The second-order valence-corrected chi connectivity index (χ2v) is 2.91. The smallest absolute Gasteiger partial charge is 0.281 e. The van der Waals surface area contributed by atoms with E-state index in [2.05, 4.69) is 10.2 Å². The zero-order valence-corrected chi connectivity index (χ0v) is 7.40. The van der Waals surface area contributed by atoms with Gasteiger partial charge in [0.1, 0.15) is 0 Å². The van der Waals surface area contributed by atoms with Crippen molar-refractivity contribution in [2.75, 3.05) is 0 Å². The predicted octanol–water partition coefficient (Wildman–Crippen LogP) is -0.279. The molecule has 0 aromatic carbocycles. The molecule has 0 atom stereocenters. The third-order valence-electron chi connectivity index (χ3n) is 0.812. The Morgan fingerprint density at radius 1 is 1.45 bits per heavy atom. The van der Waals surface area contributed by atoms with Crippen LogP contribution in [0.15, 0.2) is 23.4 Å². The van der Waals surface area contributed by atoms with Crippen molar-refractivity contribution in [3.8, 4) is 0 Å². The number of aromatic nitrogens is 2. The molecular formula is C4H4AgN2O3S+. The van der Waals surface area contributed by atoms with Crippen LogP contribution >= 0.6 is 0 Å². The van der Waals surface area contributed by atoms with Crippen molar-refractivity contribution in [3.05, 3.63) is 18.3 Å². The molecule has 1 N–H and O–H groups in total. The molecule has 0 amide bonds. The van der Waals surface area contributed by atoms with Crippen LogP contribution in [0.25, 0.3) is 0 Å². The van der Waals surface area contributed by atoms with Crippen LogP contribution in [0.4, 0.5) is 0 Å². The first-order valence-corrected chi connectivity index (χ1v) is 3.80. The van der Waals surface area contributed by atoms with Gasteiger partial charge in [0.2, 0.25) is 5.03 Å². The molecule has 5 nitrogen and oxygen atoms in total. The Kier molecular flexibility index (Phi) is 3.84. The Balaban J connectivity index is 0.000001000. The van der Waals surface area contributed by atoms with E-state index in [0.717, 1.165) is 6.07 Å². The van der Waals surface area contributed by atoms with Gasteiger partial charge in [-0.05, 0) is 12.1 Å². The molecule has 7 heteroatoms. The summed E-state index contributed by atoms with van der Waals surface area (Å²) >= 11 is 0. The summed E-state index contributed by atoms with van der Waals surface area (Å²) in [7, 11) is -4.18. The van der Waals surface area contributed by atoms with E-state index in [0.29, 0.717) is 0 Å². The maximum atomic E-state index is 10.3. The number of hydrogen-bond acceptors (Lipinski definition) is 4. The molecule has 64 valence electrons. The van der Waals surface area contributed by atoms with Gasteiger partial charge in [-0.25, -0.2) is 0 Å². The Morgan fingerprint density at radius 2 is 2.09 bits per heavy atom. The Morgan fingerprint density at radius 3 is 2.36 bits per heavy atom. The van der Waals surface area contributed by atoms with Crippen LogP contribution in [0.3, 0.4) is 0 Å². The SMILES string of the molecule is O=S(=O)(O)c1cccnn1.[Ag+]. The van der Waals surface area contributed by atoms with Gasteiger partial charge < -0.3 is 0 Å². The molecule has 11 heavy (non-hydrogen) atoms. The summed E-state index contributed by atoms with van der Waals surface area (Å²) in [6.07, 6.45) is 1.31. The molecular weight excluding hydrogens is 264 g/mol. The van der Waals surface area contributed by atoms with E-state index in [-0.39, 0.29) is 22.4 Å². The summed E-state index contributed by atoms with van der Waals surface area (Å²) in [5.74, 6) is 0. The molecule has 0 spiro atoms. The van der Waals surface area contributed by atoms with E-state index in [1.807, 2.05) is 0 Å². The second kappa shape index (κ2) is 3.93. The summed E-state index contributed by atoms with van der Waals surface area (Å²) in [4.78, 5) is 0. The van der Waals surface area contributed by atoms with E-state index < -0.39 is 15.1 Å². The Labute approximate surface area is 79.1 Å². The fourth-order valence-corrected chi connectivity index (χ4v) is 0.826. The fourth-order valence-electron chi connectivity index (χ4n) is 0.425. The van der Waals surface area contributed by atoms with E-state index in [1.54, 1.807) is 0 Å². The number of nitrogens with zero attached hydrogens (tertiary/aromatic N) is 2. The fraction of sp³-hybridized carbons (Fsp3) is 0. The minimum absolute atomic E-state index is 0. The van der Waals surface area contributed by atoms with Crippen molar-refractivity contribution in [2.24, 2.45) is 0 Å². The summed E-state index contributed by atoms with van der Waals surface area (Å²) in [5.41, 5.74) is 0. The first-order chi connectivity index (χ1) is 4.61. The van der Waals surface area contributed by atoms with Gasteiger partial charge >= 0.3 is 32.5 Å². The van der Waals surface area contributed by atoms with Crippen LogP contribution in [0.1, 0.15) is 0 Å². The molecule has 1 aromatic rings. The van der Waals surface area contributed by atoms with Gasteiger partial charge in [-0.1, -0.05) is 0 Å². The maximum Gasteiger partial charge on any atom is 1.00 e. The normalized spacial score (nSPS) is 10.3. The average molecular weight is 268 g/mol. The predicted molar refractivity (Wildman–Crippen MR) is 31.8 cm³/mol. The topological polar surface area (TPSA) is 80.2 Å². The van der Waals surface area contributed by atoms with E-state index in [9.17, 15) is 8.42 Å². The molecule has 0 aliphatic rings. The zero-order chi connectivity index (χ0) is 7.61. The molecule has 0 saturated heterocycles. The minimum Gasteiger partial charge on any atom is -0.281 e. The Bertz CT molecular complexity index is 311. The maximum absolute atomic E-state index is 10.3. The number of rotatable bonds is 1. The Hall–Kier alpha value is -0.270. The van der Waals surface area contributed by atoms with Crippen LogP contribution < -0.4 is 0 Å². The van der Waals surface area contributed by atoms with Crippen molar-refractivity contribution in [1.29, 1.82) is 0 Å². The second-order valence-electron chi connectivity index (χ2n) is 1.54. The minimum atomic E-state index is -4.18. The van der Waals surface area contributed by atoms with Gasteiger partial charge in [0.25, 0.3) is 0 Å². The molecule has 1 heterocycles. The van der Waals surface area contributed by atoms with Gasteiger partial charge in [-0.15, -0.1) is 5.10 Å². The molecule has 0 aliphatic carbocycles. The van der Waals surface area contributed by atoms with Crippen LogP contribution in [0.2, 0.25) is 0 Å². The molecule has 1 aromatic heterocycles. The first kappa shape index (κ1) is 10.7. The van der Waals surface area contributed by atoms with Gasteiger partial charge in [-0.2, -0.15) is 13.5 Å². The quantitative estimate of drug-likeness (QED) is 0.559. The van der Waals surface area contributed by atoms with Gasteiger partial charge in [0, 0.05) is 6.20 Å². The molecule has 0 unspecified atom stereocenters. The molecule has 0 bridgehead atoms. The first-order valence-electron chi connectivity index (χ1n) is 2.36. The molecule has 0 aliphatic heterocycles.